The lowest BCUT2D eigenvalue weighted by Crippen LogP contribution is -2.36. The van der Waals surface area contributed by atoms with Gasteiger partial charge in [0.05, 0.1) is 11.3 Å². The molecule has 2 aromatic rings. The van der Waals surface area contributed by atoms with Gasteiger partial charge in [-0.15, -0.1) is 0 Å². The number of nitrogens with zero attached hydrogens (tertiary/aromatic N) is 2. The van der Waals surface area contributed by atoms with Crippen molar-refractivity contribution in [2.24, 2.45) is 0 Å². The van der Waals surface area contributed by atoms with E-state index in [4.69, 9.17) is 9.68 Å². The molecule has 0 spiro atoms. The van der Waals surface area contributed by atoms with Crippen molar-refractivity contribution in [2.45, 2.75) is 45.6 Å². The van der Waals surface area contributed by atoms with Crippen LogP contribution in [0.3, 0.4) is 0 Å². The van der Waals surface area contributed by atoms with Gasteiger partial charge < -0.3 is 25.1 Å². The zero-order chi connectivity index (χ0) is 23.2. The molecule has 5 N–H and O–H groups in total. The number of hydrogen-bond acceptors (Lipinski definition) is 9. The lowest BCUT2D eigenvalue weighted by atomic mass is 9.97. The Morgan fingerprint density at radius 2 is 1.97 bits per heavy atom. The summed E-state index contributed by atoms with van der Waals surface area (Å²) in [7, 11) is -3.62. The van der Waals surface area contributed by atoms with Crippen molar-refractivity contribution in [1.82, 2.24) is 10.3 Å². The number of phenols is 3. The van der Waals surface area contributed by atoms with Gasteiger partial charge in [-0.2, -0.15) is 10.2 Å². The molecule has 0 aliphatic rings. The fourth-order valence-electron chi connectivity index (χ4n) is 2.77. The second kappa shape index (κ2) is 10.0. The number of carbonyl (C=O) groups is 1. The maximum absolute atomic E-state index is 12.6. The molecule has 12 heteroatoms. The maximum atomic E-state index is 12.6. The molecule has 0 fully saturated rings. The van der Waals surface area contributed by atoms with Crippen LogP contribution in [0.4, 0.5) is 6.01 Å². The third-order valence-corrected chi connectivity index (χ3v) is 5.76. The molecule has 11 nitrogen and oxygen atoms in total. The Morgan fingerprint density at radius 1 is 1.26 bits per heavy atom. The summed E-state index contributed by atoms with van der Waals surface area (Å²) in [6.45, 7) is 3.39. The Balaban J connectivity index is 2.21. The number of nitrogens with one attached hydrogen (secondary N) is 2. The smallest absolute Gasteiger partial charge is 0.309 e. The molecule has 2 rings (SSSR count). The highest BCUT2D eigenvalue weighted by atomic mass is 32.2. The second-order valence-electron chi connectivity index (χ2n) is 6.80. The molecule has 1 heterocycles. The number of aromatic hydroxyl groups is 3. The number of unbranched alkanes of at least 4 members (excludes halogenated alkanes) is 1. The topological polar surface area (TPSA) is 186 Å². The minimum atomic E-state index is -3.62. The van der Waals surface area contributed by atoms with Gasteiger partial charge in [-0.25, -0.2) is 13.1 Å². The minimum absolute atomic E-state index is 0.0628. The first kappa shape index (κ1) is 23.8. The van der Waals surface area contributed by atoms with Crippen LogP contribution in [-0.4, -0.2) is 46.4 Å². The highest BCUT2D eigenvalue weighted by Gasteiger charge is 2.23. The van der Waals surface area contributed by atoms with Crippen molar-refractivity contribution >= 4 is 21.9 Å². The third-order valence-electron chi connectivity index (χ3n) is 4.51. The molecule has 1 aromatic heterocycles. The van der Waals surface area contributed by atoms with E-state index in [2.05, 4.69) is 15.0 Å². The Labute approximate surface area is 179 Å². The molecule has 0 aliphatic carbocycles. The average molecular weight is 452 g/mol. The number of nitriles is 1. The zero-order valence-corrected chi connectivity index (χ0v) is 17.9. The molecule has 0 aliphatic heterocycles. The fourth-order valence-corrected chi connectivity index (χ4v) is 3.28. The van der Waals surface area contributed by atoms with E-state index in [9.17, 15) is 28.5 Å². The van der Waals surface area contributed by atoms with Crippen LogP contribution in [0.5, 0.6) is 17.2 Å². The van der Waals surface area contributed by atoms with Crippen LogP contribution in [0, 0.1) is 11.3 Å². The molecule has 1 amide bonds. The van der Waals surface area contributed by atoms with Crippen molar-refractivity contribution in [2.75, 3.05) is 10.5 Å². The summed E-state index contributed by atoms with van der Waals surface area (Å²) < 4.78 is 30.3. The summed E-state index contributed by atoms with van der Waals surface area (Å²) in [4.78, 5) is 16.4. The predicted molar refractivity (Wildman–Crippen MR) is 110 cm³/mol. The molecule has 0 bridgehead atoms. The van der Waals surface area contributed by atoms with Crippen LogP contribution in [0.1, 0.15) is 54.7 Å². The van der Waals surface area contributed by atoms with E-state index in [1.165, 1.54) is 13.0 Å². The quantitative estimate of drug-likeness (QED) is 0.336. The summed E-state index contributed by atoms with van der Waals surface area (Å²) in [5.41, 5.74) is -0.189. The van der Waals surface area contributed by atoms with Gasteiger partial charge in [0.15, 0.2) is 17.2 Å². The van der Waals surface area contributed by atoms with Gasteiger partial charge >= 0.3 is 6.01 Å². The molecular formula is C19H24N4O7S. The van der Waals surface area contributed by atoms with Crippen molar-refractivity contribution in [3.05, 3.63) is 29.2 Å². The van der Waals surface area contributed by atoms with Crippen LogP contribution in [0.2, 0.25) is 0 Å². The van der Waals surface area contributed by atoms with Gasteiger partial charge in [0.25, 0.3) is 5.91 Å². The fraction of sp³-hybridized carbons (Fsp3) is 0.421. The summed E-state index contributed by atoms with van der Waals surface area (Å²) in [5.74, 6) is -2.93. The van der Waals surface area contributed by atoms with Crippen molar-refractivity contribution < 1.29 is 32.9 Å². The number of rotatable bonds is 10. The predicted octanol–water partition coefficient (Wildman–Crippen LogP) is 1.96. The molecule has 1 unspecified atom stereocenters. The molecule has 0 saturated heterocycles. The molecule has 0 saturated carbocycles. The standard InChI is InChI=1S/C19H24N4O7S/c1-3-5-6-13(8-11-7-12(9-20)16(25)17(26)15(11)24)21-18(27)14-10-30-19(22-14)23-31(28,29)4-2/h7,10,13,24-26H,3-6,8H2,1-2H3,(H,21,27)(H,22,23). The molecular weight excluding hydrogens is 428 g/mol. The Bertz CT molecular complexity index is 1090. The number of aromatic nitrogens is 1. The third kappa shape index (κ3) is 6.02. The maximum Gasteiger partial charge on any atom is 0.309 e. The number of sulfonamides is 1. The number of hydrogen-bond donors (Lipinski definition) is 5. The summed E-state index contributed by atoms with van der Waals surface area (Å²) in [6.07, 6.45) is 3.15. The average Bonchev–Trinajstić information content (AvgIpc) is 3.20. The number of carbonyl (C=O) groups excluding carboxylic acids is 1. The summed E-state index contributed by atoms with van der Waals surface area (Å²) in [6, 6.07) is 2.12. The van der Waals surface area contributed by atoms with Crippen LogP contribution in [0.15, 0.2) is 16.7 Å². The second-order valence-corrected chi connectivity index (χ2v) is 8.81. The summed E-state index contributed by atoms with van der Waals surface area (Å²) in [5, 5.41) is 41.5. The molecule has 0 radical (unpaired) electrons. The lowest BCUT2D eigenvalue weighted by Gasteiger charge is -2.19. The van der Waals surface area contributed by atoms with Gasteiger partial charge in [-0.3, -0.25) is 4.79 Å². The number of phenolic OH excluding ortho intramolecular Hbond substituents is 3. The van der Waals surface area contributed by atoms with Gasteiger partial charge in [0.2, 0.25) is 15.8 Å². The van der Waals surface area contributed by atoms with E-state index in [0.717, 1.165) is 19.1 Å². The molecule has 168 valence electrons. The van der Waals surface area contributed by atoms with E-state index in [1.807, 2.05) is 6.92 Å². The van der Waals surface area contributed by atoms with Crippen LogP contribution >= 0.6 is 0 Å². The van der Waals surface area contributed by atoms with Crippen LogP contribution < -0.4 is 10.0 Å². The number of oxazole rings is 1. The normalized spacial score (nSPS) is 12.2. The van der Waals surface area contributed by atoms with Crippen molar-refractivity contribution in [3.8, 4) is 23.3 Å². The van der Waals surface area contributed by atoms with E-state index >= 15 is 0 Å². The van der Waals surface area contributed by atoms with Crippen molar-refractivity contribution in [1.29, 1.82) is 5.26 Å². The highest BCUT2D eigenvalue weighted by molar-refractivity contribution is 7.92. The van der Waals surface area contributed by atoms with E-state index in [1.54, 1.807) is 6.07 Å². The Morgan fingerprint density at radius 3 is 2.58 bits per heavy atom. The van der Waals surface area contributed by atoms with E-state index in [0.29, 0.717) is 6.42 Å². The van der Waals surface area contributed by atoms with Gasteiger partial charge in [-0.05, 0) is 25.8 Å². The Hall–Kier alpha value is -3.46. The van der Waals surface area contributed by atoms with Gasteiger partial charge in [0, 0.05) is 11.6 Å². The number of benzene rings is 1. The highest BCUT2D eigenvalue weighted by Crippen LogP contribution is 2.40. The lowest BCUT2D eigenvalue weighted by molar-refractivity contribution is 0.0929. The zero-order valence-electron chi connectivity index (χ0n) is 17.0. The number of anilines is 1. The SMILES string of the molecule is CCCCC(Cc1cc(C#N)c(O)c(O)c1O)NC(=O)c1coc(NS(=O)(=O)CC)n1. The van der Waals surface area contributed by atoms with Gasteiger partial charge in [0.1, 0.15) is 12.3 Å². The van der Waals surface area contributed by atoms with Gasteiger partial charge in [-0.1, -0.05) is 19.8 Å². The largest absolute Gasteiger partial charge is 0.504 e. The monoisotopic (exact) mass is 452 g/mol. The number of amides is 1. The molecule has 1 atom stereocenters. The van der Waals surface area contributed by atoms with E-state index < -0.39 is 39.2 Å². The van der Waals surface area contributed by atoms with Crippen LogP contribution in [-0.2, 0) is 16.4 Å². The minimum Gasteiger partial charge on any atom is -0.504 e. The van der Waals surface area contributed by atoms with E-state index in [-0.39, 0.29) is 35.0 Å². The first-order valence-corrected chi connectivity index (χ1v) is 11.2. The Kier molecular flexibility index (Phi) is 7.71. The van der Waals surface area contributed by atoms with Crippen LogP contribution in [0.25, 0.3) is 0 Å². The molecule has 1 aromatic carbocycles. The first-order chi connectivity index (χ1) is 14.6. The molecule has 31 heavy (non-hydrogen) atoms. The van der Waals surface area contributed by atoms with Crippen molar-refractivity contribution in [3.63, 3.8) is 0 Å². The first-order valence-electron chi connectivity index (χ1n) is 9.55. The summed E-state index contributed by atoms with van der Waals surface area (Å²) >= 11 is 0.